The van der Waals surface area contributed by atoms with E-state index in [2.05, 4.69) is 113 Å². The van der Waals surface area contributed by atoms with Gasteiger partial charge in [0.05, 0.1) is 168 Å². The van der Waals surface area contributed by atoms with E-state index >= 15 is 0 Å². The SMILES string of the molecule is C.CC(C)O.CC1CN(c2nccc(-c3cnc4ccc(C(F)(F)F)cn34)n2)CC(c2cn[nH]c2)O1.CC1CNCC(c2cn[nH]c2)O1.CSF.C[C@@H]1CN(c2nccc(-c3cnc4ccc(C(F)(F)F)cn34)n2)C[C@H](c2cn[nH]c2)O1.C[C@H]1CN(c2nccc(-c3cnc4ccc(C(F)(F)F)cn34)n2)C[C@@H](c2cn[nH]c2)O1.FC(F)(F)c1ccc2ncc(-c3ccnc(Cl)n3)n2c1. The maximum atomic E-state index is 13.2. The number of aromatic amines is 4. The zero-order valence-corrected chi connectivity index (χ0v) is 72.5. The molecule has 33 nitrogen and oxygen atoms in total. The van der Waals surface area contributed by atoms with Gasteiger partial charge in [-0.3, -0.25) is 38.0 Å². The number of nitrogens with one attached hydrogen (secondary N) is 5. The largest absolute Gasteiger partial charge is 0.417 e. The maximum Gasteiger partial charge on any atom is 0.417 e. The highest BCUT2D eigenvalue weighted by molar-refractivity contribution is 7.93. The van der Waals surface area contributed by atoms with Crippen LogP contribution >= 0.6 is 23.7 Å². The van der Waals surface area contributed by atoms with Crippen LogP contribution in [0.5, 0.6) is 0 Å². The number of rotatable bonds is 11. The highest BCUT2D eigenvalue weighted by Crippen LogP contribution is 2.38. The van der Waals surface area contributed by atoms with Crippen molar-refractivity contribution in [2.75, 3.05) is 73.3 Å². The zero-order chi connectivity index (χ0) is 93.8. The molecule has 4 unspecified atom stereocenters. The van der Waals surface area contributed by atoms with Crippen LogP contribution in [-0.2, 0) is 43.7 Å². The van der Waals surface area contributed by atoms with Crippen LogP contribution in [0.1, 0.15) is 118 Å². The lowest BCUT2D eigenvalue weighted by Crippen LogP contribution is -2.43. The highest BCUT2D eigenvalue weighted by Gasteiger charge is 2.38. The van der Waals surface area contributed by atoms with Gasteiger partial charge in [-0.15, -0.1) is 0 Å². The number of imidazole rings is 4. The Bertz CT molecular complexity index is 5950. The van der Waals surface area contributed by atoms with Gasteiger partial charge in [-0.05, 0) is 126 Å². The summed E-state index contributed by atoms with van der Waals surface area (Å²) in [7, 11) is 0. The summed E-state index contributed by atoms with van der Waals surface area (Å²) in [5.74, 6) is 1.43. The molecule has 0 spiro atoms. The number of nitrogens with zero attached hydrogens (tertiary/aromatic N) is 23. The minimum absolute atomic E-state index is 0. The Kier molecular flexibility index (Phi) is 31.2. The van der Waals surface area contributed by atoms with E-state index in [0.717, 1.165) is 84.4 Å². The number of alkyl halides is 12. The Hall–Kier alpha value is -13.2. The van der Waals surface area contributed by atoms with E-state index < -0.39 is 47.0 Å². The first-order chi connectivity index (χ1) is 63.1. The van der Waals surface area contributed by atoms with Crippen LogP contribution in [-0.4, -0.2) is 212 Å². The fraction of sp³-hybridized carbons (Fsp3) is 0.341. The molecule has 0 amide bonds. The van der Waals surface area contributed by atoms with Gasteiger partial charge in [0, 0.05) is 154 Å². The molecular formula is C85H88ClF13N28O5S. The summed E-state index contributed by atoms with van der Waals surface area (Å²) in [6.45, 7) is 16.6. The second kappa shape index (κ2) is 42.6. The van der Waals surface area contributed by atoms with Crippen molar-refractivity contribution >= 4 is 64.2 Å². The van der Waals surface area contributed by atoms with E-state index in [9.17, 15) is 56.6 Å². The van der Waals surface area contributed by atoms with Crippen LogP contribution in [0.4, 0.5) is 74.4 Å². The molecule has 0 radical (unpaired) electrons. The second-order valence-corrected chi connectivity index (χ2v) is 31.2. The van der Waals surface area contributed by atoms with Crippen molar-refractivity contribution in [3.8, 4) is 45.6 Å². The van der Waals surface area contributed by atoms with Crippen LogP contribution in [0.15, 0.2) is 197 Å². The number of halogens is 14. The average molecular weight is 1900 g/mol. The van der Waals surface area contributed by atoms with Gasteiger partial charge in [-0.1, -0.05) is 7.43 Å². The van der Waals surface area contributed by atoms with Gasteiger partial charge in [-0.25, -0.2) is 59.8 Å². The van der Waals surface area contributed by atoms with Crippen molar-refractivity contribution in [2.24, 2.45) is 0 Å². The normalized spacial score (nSPS) is 18.8. The van der Waals surface area contributed by atoms with Gasteiger partial charge in [-0.2, -0.15) is 77.0 Å². The molecule has 6 N–H and O–H groups in total. The number of aliphatic hydroxyl groups excluding tert-OH is 1. The Morgan fingerprint density at radius 1 is 0.376 bits per heavy atom. The number of hydrogen-bond acceptors (Lipinski definition) is 26. The van der Waals surface area contributed by atoms with Crippen LogP contribution in [0, 0.1) is 0 Å². The van der Waals surface area contributed by atoms with E-state index in [0.29, 0.717) is 131 Å². The lowest BCUT2D eigenvalue weighted by molar-refractivity contribution is -0.138. The molecule has 133 heavy (non-hydrogen) atoms. The molecule has 4 fully saturated rings. The standard InChI is InChI=1S/3C20H18F3N7O.C12H6ClF3N4.C8H13N3O.C3H8O.CH3FS.CH4/c3*1-12-9-29(11-17(31-12)13-6-26-27-7-13)19-24-5-4-15(28-19)16-8-25-18-3-2-14(10-30(16)18)20(21,22)23;13-11-17-4-3-8(19-11)9-5-18-10-2-1-7(6-20(9)10)12(14,15)16;1-6-2-9-5-8(12-6)7-3-10-11-4-7;1-3(2)4;1-3-2;/h3*2-8,10,12,17H,9,11H2,1H3,(H,26,27);1-6H;3-4,6,8-9H,2,5H2,1H3,(H,10,11);3-4H,1-2H3;1H3;1H4/t2*12-,17-;;;;;;/m10....../s1. The van der Waals surface area contributed by atoms with Gasteiger partial charge < -0.3 is 44.1 Å². The summed E-state index contributed by atoms with van der Waals surface area (Å²) >= 11 is 5.93. The van der Waals surface area contributed by atoms with Crippen molar-refractivity contribution in [3.63, 3.8) is 0 Å². The van der Waals surface area contributed by atoms with Crippen molar-refractivity contribution in [2.45, 2.75) is 129 Å². The van der Waals surface area contributed by atoms with Gasteiger partial charge in [0.2, 0.25) is 23.1 Å². The zero-order valence-electron chi connectivity index (χ0n) is 70.9. The maximum absolute atomic E-state index is 13.2. The predicted octanol–water partition coefficient (Wildman–Crippen LogP) is 16.7. The third-order valence-corrected chi connectivity index (χ3v) is 20.5. The van der Waals surface area contributed by atoms with Gasteiger partial charge in [0.1, 0.15) is 40.9 Å². The minimum Gasteiger partial charge on any atom is -0.394 e. The lowest BCUT2D eigenvalue weighted by Gasteiger charge is -2.36. The Morgan fingerprint density at radius 2 is 0.639 bits per heavy atom. The van der Waals surface area contributed by atoms with Crippen molar-refractivity contribution in [1.29, 1.82) is 0 Å². The monoisotopic (exact) mass is 1890 g/mol. The Balaban J connectivity index is 0.000000142. The van der Waals surface area contributed by atoms with E-state index in [1.807, 2.05) is 47.9 Å². The lowest BCUT2D eigenvalue weighted by atomic mass is 10.1. The summed E-state index contributed by atoms with van der Waals surface area (Å²) in [6, 6.07) is 15.9. The van der Waals surface area contributed by atoms with E-state index in [1.54, 1.807) is 93.9 Å². The second-order valence-electron chi connectivity index (χ2n) is 30.6. The van der Waals surface area contributed by atoms with Crippen LogP contribution in [0.3, 0.4) is 0 Å². The summed E-state index contributed by atoms with van der Waals surface area (Å²) < 4.78 is 196. The van der Waals surface area contributed by atoms with Crippen molar-refractivity contribution < 1.29 is 80.6 Å². The van der Waals surface area contributed by atoms with Gasteiger partial charge in [0.15, 0.2) is 0 Å². The third-order valence-electron chi connectivity index (χ3n) is 20.3. The summed E-state index contributed by atoms with van der Waals surface area (Å²) in [5, 5.41) is 38.3. The molecule has 16 aromatic heterocycles. The molecule has 4 saturated heterocycles. The first kappa shape index (κ1) is 97.3. The van der Waals surface area contributed by atoms with E-state index in [1.165, 1.54) is 79.1 Å². The van der Waals surface area contributed by atoms with Crippen molar-refractivity contribution in [3.05, 3.63) is 247 Å². The number of hydrogen-bond donors (Lipinski definition) is 6. The molecule has 20 rings (SSSR count). The molecule has 702 valence electrons. The molecule has 20 heterocycles. The van der Waals surface area contributed by atoms with Crippen LogP contribution < -0.4 is 20.0 Å². The molecular weight excluding hydrogens is 1810 g/mol. The number of H-pyrrole nitrogens is 4. The molecule has 0 aliphatic carbocycles. The minimum atomic E-state index is -4.45. The van der Waals surface area contributed by atoms with Gasteiger partial charge >= 0.3 is 24.7 Å². The predicted molar refractivity (Wildman–Crippen MR) is 466 cm³/mol. The molecule has 0 aromatic carbocycles. The summed E-state index contributed by atoms with van der Waals surface area (Å²) in [6.07, 6.45) is 13.6. The fourth-order valence-electron chi connectivity index (χ4n) is 14.4. The average Bonchev–Trinajstić information content (AvgIpc) is 1.72. The number of pyridine rings is 4. The smallest absolute Gasteiger partial charge is 0.394 e. The Morgan fingerprint density at radius 3 is 0.895 bits per heavy atom. The molecule has 4 aliphatic rings. The summed E-state index contributed by atoms with van der Waals surface area (Å²) in [5.41, 5.74) is 6.12. The number of aliphatic hydroxyl groups is 1. The molecule has 0 bridgehead atoms. The topological polar surface area (TPSA) is 366 Å². The first-order valence-electron chi connectivity index (χ1n) is 40.6. The quantitative estimate of drug-likeness (QED) is 0.0517. The number of anilines is 3. The Labute approximate surface area is 758 Å². The highest BCUT2D eigenvalue weighted by atomic mass is 35.5. The number of fused-ring (bicyclic) bond motifs is 4. The number of ether oxygens (including phenoxy) is 4. The van der Waals surface area contributed by atoms with E-state index in [4.69, 9.17) is 35.7 Å². The number of aromatic nitrogens is 24. The third kappa shape index (κ3) is 24.6. The van der Waals surface area contributed by atoms with Gasteiger partial charge in [0.25, 0.3) is 0 Å². The molecule has 16 aromatic rings. The fourth-order valence-corrected chi connectivity index (χ4v) is 14.5. The summed E-state index contributed by atoms with van der Waals surface area (Å²) in [4.78, 5) is 57.4. The molecule has 0 saturated carbocycles. The van der Waals surface area contributed by atoms with Crippen molar-refractivity contribution in [1.82, 2.24) is 124 Å². The van der Waals surface area contributed by atoms with Crippen LogP contribution in [0.2, 0.25) is 5.28 Å². The first-order valence-corrected chi connectivity index (χ1v) is 42.1. The molecule has 8 atom stereocenters. The molecule has 4 aliphatic heterocycles. The molecule has 48 heteroatoms. The number of morpholine rings is 4. The van der Waals surface area contributed by atoms with E-state index in [-0.39, 0.29) is 73.7 Å². The van der Waals surface area contributed by atoms with Crippen LogP contribution in [0.25, 0.3) is 68.1 Å².